The molecule has 21 heavy (non-hydrogen) atoms. The Hall–Kier alpha value is -0.985. The van der Waals surface area contributed by atoms with Crippen molar-refractivity contribution in [3.8, 4) is 0 Å². The third-order valence-electron chi connectivity index (χ3n) is 4.19. The number of hydrogen-bond donors (Lipinski definition) is 3. The normalized spacial score (nSPS) is 23.1. The quantitative estimate of drug-likeness (QED) is 0.664. The monoisotopic (exact) mass is 295 g/mol. The molecule has 1 saturated heterocycles. The summed E-state index contributed by atoms with van der Waals surface area (Å²) in [5.41, 5.74) is 0.172. The molecule has 2 heterocycles. The number of rotatable bonds is 4. The molecule has 1 aliphatic rings. The second-order valence-electron chi connectivity index (χ2n) is 6.30. The Morgan fingerprint density at radius 2 is 1.71 bits per heavy atom. The lowest BCUT2D eigenvalue weighted by atomic mass is 9.80. The van der Waals surface area contributed by atoms with Crippen LogP contribution in [0.2, 0.25) is 0 Å². The number of hydrogen-bond acceptors (Lipinski definition) is 6. The van der Waals surface area contributed by atoms with E-state index in [1.54, 1.807) is 18.3 Å². The van der Waals surface area contributed by atoms with E-state index in [9.17, 15) is 10.2 Å². The topological polar surface area (TPSA) is 92.0 Å². The minimum absolute atomic E-state index is 0.289. The molecule has 2 atom stereocenters. The maximum absolute atomic E-state index is 9.78. The average molecular weight is 295 g/mol. The number of pyridine rings is 1. The molecule has 0 saturated carbocycles. The predicted octanol–water partition coefficient (Wildman–Crippen LogP) is -0.233. The van der Waals surface area contributed by atoms with Gasteiger partial charge in [-0.25, -0.2) is 0 Å². The Balaban J connectivity index is 2.14. The minimum Gasteiger partial charge on any atom is -0.399 e. The highest BCUT2D eigenvalue weighted by Crippen LogP contribution is 2.36. The minimum atomic E-state index is -1.25. The summed E-state index contributed by atoms with van der Waals surface area (Å²) in [5, 5.41) is 28.0. The van der Waals surface area contributed by atoms with Crippen LogP contribution in [0.4, 0.5) is 0 Å². The summed E-state index contributed by atoms with van der Waals surface area (Å²) in [6.07, 6.45) is -0.923. The van der Waals surface area contributed by atoms with Gasteiger partial charge >= 0.3 is 7.12 Å². The van der Waals surface area contributed by atoms with Crippen molar-refractivity contribution < 1.29 is 24.6 Å². The van der Waals surface area contributed by atoms with Crippen LogP contribution in [0.25, 0.3) is 0 Å². The lowest BCUT2D eigenvalue weighted by molar-refractivity contribution is -0.0172. The van der Waals surface area contributed by atoms with Crippen molar-refractivity contribution in [3.63, 3.8) is 0 Å². The van der Waals surface area contributed by atoms with E-state index in [0.29, 0.717) is 0 Å². The highest BCUT2D eigenvalue weighted by molar-refractivity contribution is 6.62. The molecule has 1 aromatic rings. The maximum atomic E-state index is 9.78. The average Bonchev–Trinajstić information content (AvgIpc) is 2.66. The van der Waals surface area contributed by atoms with E-state index in [0.717, 1.165) is 5.46 Å². The third kappa shape index (κ3) is 3.12. The molecule has 0 aliphatic carbocycles. The van der Waals surface area contributed by atoms with Gasteiger partial charge in [-0.05, 0) is 33.8 Å². The van der Waals surface area contributed by atoms with Gasteiger partial charge in [0.1, 0.15) is 12.2 Å². The van der Waals surface area contributed by atoms with E-state index in [2.05, 4.69) is 4.98 Å². The first kappa shape index (κ1) is 16.4. The van der Waals surface area contributed by atoms with E-state index in [-0.39, 0.29) is 5.69 Å². The van der Waals surface area contributed by atoms with Gasteiger partial charge in [0.25, 0.3) is 0 Å². The Morgan fingerprint density at radius 3 is 2.14 bits per heavy atom. The number of nitrogens with zero attached hydrogens (tertiary/aromatic N) is 1. The standard InChI is InChI=1S/C14H22BNO5/c1-13(2)14(3,4)21-15(20-13)9-5-6-10(16-7-9)12(19)11(18)8-17/h5-7,11-12,17-19H,8H2,1-4H3. The number of aromatic nitrogens is 1. The molecule has 1 aromatic heterocycles. The van der Waals surface area contributed by atoms with Gasteiger partial charge in [0.05, 0.1) is 23.5 Å². The van der Waals surface area contributed by atoms with Crippen LogP contribution < -0.4 is 5.46 Å². The molecule has 0 bridgehead atoms. The van der Waals surface area contributed by atoms with Crippen LogP contribution in [0.1, 0.15) is 39.5 Å². The van der Waals surface area contributed by atoms with Crippen LogP contribution in [0.5, 0.6) is 0 Å². The maximum Gasteiger partial charge on any atom is 0.496 e. The molecule has 7 heteroatoms. The highest BCUT2D eigenvalue weighted by Gasteiger charge is 2.51. The van der Waals surface area contributed by atoms with Crippen LogP contribution in [0.3, 0.4) is 0 Å². The fraction of sp³-hybridized carbons (Fsp3) is 0.643. The van der Waals surface area contributed by atoms with Gasteiger partial charge in [0.15, 0.2) is 0 Å². The molecule has 0 aromatic carbocycles. The van der Waals surface area contributed by atoms with Crippen LogP contribution >= 0.6 is 0 Å². The van der Waals surface area contributed by atoms with Crippen molar-refractivity contribution in [1.29, 1.82) is 0 Å². The van der Waals surface area contributed by atoms with Crippen LogP contribution in [-0.4, -0.2) is 51.3 Å². The SMILES string of the molecule is CC1(C)OB(c2ccc(C(O)C(O)CO)nc2)OC1(C)C. The van der Waals surface area contributed by atoms with Crippen molar-refractivity contribution in [2.75, 3.05) is 6.61 Å². The molecule has 0 spiro atoms. The largest absolute Gasteiger partial charge is 0.496 e. The summed E-state index contributed by atoms with van der Waals surface area (Å²) < 4.78 is 11.8. The van der Waals surface area contributed by atoms with Gasteiger partial charge in [0, 0.05) is 11.7 Å². The summed E-state index contributed by atoms with van der Waals surface area (Å²) >= 11 is 0. The summed E-state index contributed by atoms with van der Waals surface area (Å²) in [5.74, 6) is 0. The Bertz CT molecular complexity index is 475. The summed E-state index contributed by atoms with van der Waals surface area (Å²) in [6.45, 7) is 7.35. The zero-order valence-corrected chi connectivity index (χ0v) is 12.8. The molecule has 3 N–H and O–H groups in total. The fourth-order valence-electron chi connectivity index (χ4n) is 2.01. The summed E-state index contributed by atoms with van der Waals surface area (Å²) in [7, 11) is -0.517. The third-order valence-corrected chi connectivity index (χ3v) is 4.19. The zero-order chi connectivity index (χ0) is 15.8. The molecule has 1 fully saturated rings. The van der Waals surface area contributed by atoms with Gasteiger partial charge in [-0.2, -0.15) is 0 Å². The Labute approximate surface area is 124 Å². The van der Waals surface area contributed by atoms with E-state index in [1.807, 2.05) is 27.7 Å². The van der Waals surface area contributed by atoms with Gasteiger partial charge in [-0.3, -0.25) is 4.98 Å². The van der Waals surface area contributed by atoms with Crippen LogP contribution in [-0.2, 0) is 9.31 Å². The molecular formula is C14H22BNO5. The molecule has 116 valence electrons. The molecule has 1 aliphatic heterocycles. The van der Waals surface area contributed by atoms with E-state index >= 15 is 0 Å². The van der Waals surface area contributed by atoms with Crippen molar-refractivity contribution >= 4 is 12.6 Å². The second-order valence-corrected chi connectivity index (χ2v) is 6.30. The Morgan fingerprint density at radius 1 is 1.14 bits per heavy atom. The first-order valence-corrected chi connectivity index (χ1v) is 6.96. The lowest BCUT2D eigenvalue weighted by Gasteiger charge is -2.32. The number of aliphatic hydroxyl groups excluding tert-OH is 3. The van der Waals surface area contributed by atoms with Crippen molar-refractivity contribution in [1.82, 2.24) is 4.98 Å². The molecule has 6 nitrogen and oxygen atoms in total. The van der Waals surface area contributed by atoms with Gasteiger partial charge in [-0.1, -0.05) is 6.07 Å². The molecule has 2 rings (SSSR count). The van der Waals surface area contributed by atoms with Gasteiger partial charge in [-0.15, -0.1) is 0 Å². The second kappa shape index (κ2) is 5.66. The van der Waals surface area contributed by atoms with Crippen LogP contribution in [0, 0.1) is 0 Å². The molecular weight excluding hydrogens is 273 g/mol. The molecule has 0 radical (unpaired) electrons. The van der Waals surface area contributed by atoms with Gasteiger partial charge in [0.2, 0.25) is 0 Å². The Kier molecular flexibility index (Phi) is 4.42. The number of aliphatic hydroxyl groups is 3. The van der Waals surface area contributed by atoms with E-state index < -0.39 is 37.1 Å². The molecule has 2 unspecified atom stereocenters. The zero-order valence-electron chi connectivity index (χ0n) is 12.8. The first-order chi connectivity index (χ1) is 9.68. The fourth-order valence-corrected chi connectivity index (χ4v) is 2.01. The van der Waals surface area contributed by atoms with Crippen molar-refractivity contribution in [2.45, 2.75) is 51.1 Å². The summed E-state index contributed by atoms with van der Waals surface area (Å²) in [4.78, 5) is 4.11. The van der Waals surface area contributed by atoms with Crippen molar-refractivity contribution in [3.05, 3.63) is 24.0 Å². The van der Waals surface area contributed by atoms with Gasteiger partial charge < -0.3 is 24.6 Å². The van der Waals surface area contributed by atoms with Crippen LogP contribution in [0.15, 0.2) is 18.3 Å². The van der Waals surface area contributed by atoms with Crippen molar-refractivity contribution in [2.24, 2.45) is 0 Å². The smallest absolute Gasteiger partial charge is 0.399 e. The highest BCUT2D eigenvalue weighted by atomic mass is 16.7. The van der Waals surface area contributed by atoms with E-state index in [1.165, 1.54) is 0 Å². The first-order valence-electron chi connectivity index (χ1n) is 6.96. The molecule has 0 amide bonds. The van der Waals surface area contributed by atoms with E-state index in [4.69, 9.17) is 14.4 Å². The summed E-state index contributed by atoms with van der Waals surface area (Å²) in [6, 6.07) is 3.32. The predicted molar refractivity (Wildman–Crippen MR) is 78.0 cm³/mol. The lowest BCUT2D eigenvalue weighted by Crippen LogP contribution is -2.41.